The molecule has 1 aromatic carbocycles. The number of rotatable bonds is 4. The molecule has 0 bridgehead atoms. The van der Waals surface area contributed by atoms with Crippen molar-refractivity contribution in [1.82, 2.24) is 4.72 Å². The minimum atomic E-state index is -3.48. The molecule has 7 heteroatoms. The van der Waals surface area contributed by atoms with Gasteiger partial charge in [0.05, 0.1) is 4.90 Å². The summed E-state index contributed by atoms with van der Waals surface area (Å²) in [6.07, 6.45) is 0. The van der Waals surface area contributed by atoms with Crippen LogP contribution in [-0.4, -0.2) is 20.5 Å². The molecule has 1 aromatic rings. The van der Waals surface area contributed by atoms with E-state index in [1.807, 2.05) is 0 Å². The van der Waals surface area contributed by atoms with Crippen molar-refractivity contribution in [1.29, 1.82) is 0 Å². The van der Waals surface area contributed by atoms with E-state index in [0.717, 1.165) is 4.47 Å². The van der Waals surface area contributed by atoms with E-state index in [-0.39, 0.29) is 23.8 Å². The maximum Gasteiger partial charge on any atom is 0.240 e. The van der Waals surface area contributed by atoms with Gasteiger partial charge < -0.3 is 5.73 Å². The highest BCUT2D eigenvalue weighted by atomic mass is 79.9. The van der Waals surface area contributed by atoms with Crippen LogP contribution in [0.25, 0.3) is 0 Å². The number of hydrogen-bond donors (Lipinski definition) is 2. The highest BCUT2D eigenvalue weighted by Gasteiger charge is 2.18. The van der Waals surface area contributed by atoms with Gasteiger partial charge in [-0.25, -0.2) is 13.1 Å². The van der Waals surface area contributed by atoms with Gasteiger partial charge in [-0.15, -0.1) is 12.4 Å². The van der Waals surface area contributed by atoms with Gasteiger partial charge in [-0.3, -0.25) is 0 Å². The summed E-state index contributed by atoms with van der Waals surface area (Å²) in [5.41, 5.74) is 5.14. The Balaban J connectivity index is 0.00000256. The van der Waals surface area contributed by atoms with Crippen LogP contribution in [0.4, 0.5) is 0 Å². The minimum absolute atomic E-state index is 0. The van der Waals surface area contributed by atoms with Crippen molar-refractivity contribution in [3.05, 3.63) is 28.7 Å². The number of benzene rings is 1. The zero-order valence-corrected chi connectivity index (χ0v) is 12.8. The van der Waals surface area contributed by atoms with Crippen molar-refractivity contribution < 1.29 is 8.42 Å². The van der Waals surface area contributed by atoms with Crippen LogP contribution < -0.4 is 10.5 Å². The molecular formula is C10H16BrClN2O2S. The topological polar surface area (TPSA) is 72.2 Å². The Kier molecular flexibility index (Phi) is 6.10. The Morgan fingerprint density at radius 2 is 2.00 bits per heavy atom. The molecule has 98 valence electrons. The molecule has 0 aromatic heterocycles. The molecule has 0 aliphatic rings. The van der Waals surface area contributed by atoms with Crippen LogP contribution in [-0.2, 0) is 10.0 Å². The molecule has 1 rings (SSSR count). The molecule has 0 unspecified atom stereocenters. The first-order valence-corrected chi connectivity index (χ1v) is 7.02. The van der Waals surface area contributed by atoms with Crippen molar-refractivity contribution in [3.63, 3.8) is 0 Å². The van der Waals surface area contributed by atoms with E-state index >= 15 is 0 Å². The van der Waals surface area contributed by atoms with Crippen molar-refractivity contribution in [2.45, 2.75) is 24.3 Å². The Morgan fingerprint density at radius 1 is 1.41 bits per heavy atom. The quantitative estimate of drug-likeness (QED) is 0.877. The van der Waals surface area contributed by atoms with E-state index in [1.165, 1.54) is 6.07 Å². The van der Waals surface area contributed by atoms with E-state index in [9.17, 15) is 8.42 Å². The molecule has 0 heterocycles. The molecule has 0 amide bonds. The summed E-state index contributed by atoms with van der Waals surface area (Å²) >= 11 is 3.23. The lowest BCUT2D eigenvalue weighted by atomic mass is 10.1. The van der Waals surface area contributed by atoms with E-state index in [0.29, 0.717) is 0 Å². The molecule has 0 fully saturated rings. The van der Waals surface area contributed by atoms with Crippen molar-refractivity contribution in [2.75, 3.05) is 6.54 Å². The predicted octanol–water partition coefficient (Wildman–Crippen LogP) is 1.89. The number of hydrogen-bond acceptors (Lipinski definition) is 3. The average molecular weight is 344 g/mol. The van der Waals surface area contributed by atoms with Crippen LogP contribution in [0.5, 0.6) is 0 Å². The van der Waals surface area contributed by atoms with Crippen molar-refractivity contribution >= 4 is 38.4 Å². The maximum absolute atomic E-state index is 11.8. The molecule has 0 aliphatic heterocycles. The SMILES string of the molecule is CC(C)(N)CNS(=O)(=O)c1cccc(Br)c1.Cl. The lowest BCUT2D eigenvalue weighted by molar-refractivity contribution is 0.498. The molecule has 0 radical (unpaired) electrons. The van der Waals surface area contributed by atoms with E-state index in [1.54, 1.807) is 32.0 Å². The van der Waals surface area contributed by atoms with Gasteiger partial charge in [0, 0.05) is 16.6 Å². The fourth-order valence-corrected chi connectivity index (χ4v) is 2.82. The van der Waals surface area contributed by atoms with Crippen LogP contribution in [0, 0.1) is 0 Å². The second-order valence-corrected chi connectivity index (χ2v) is 6.95. The fourth-order valence-electron chi connectivity index (χ4n) is 0.999. The first-order chi connectivity index (χ1) is 7.21. The molecule has 0 spiro atoms. The summed E-state index contributed by atoms with van der Waals surface area (Å²) in [6.45, 7) is 3.72. The third-order valence-corrected chi connectivity index (χ3v) is 3.72. The lowest BCUT2D eigenvalue weighted by Crippen LogP contribution is -2.45. The van der Waals surface area contributed by atoms with Crippen molar-refractivity contribution in [2.24, 2.45) is 5.73 Å². The van der Waals surface area contributed by atoms with Crippen molar-refractivity contribution in [3.8, 4) is 0 Å². The second-order valence-electron chi connectivity index (χ2n) is 4.27. The van der Waals surface area contributed by atoms with E-state index in [4.69, 9.17) is 5.73 Å². The number of nitrogens with two attached hydrogens (primary N) is 1. The molecule has 0 saturated carbocycles. The van der Waals surface area contributed by atoms with Gasteiger partial charge in [-0.2, -0.15) is 0 Å². The minimum Gasteiger partial charge on any atom is -0.324 e. The summed E-state index contributed by atoms with van der Waals surface area (Å²) in [4.78, 5) is 0.228. The van der Waals surface area contributed by atoms with Crippen LogP contribution in [0.3, 0.4) is 0 Å². The molecule has 0 aliphatic carbocycles. The van der Waals surface area contributed by atoms with Gasteiger partial charge in [0.25, 0.3) is 0 Å². The van der Waals surface area contributed by atoms with Crippen LogP contribution in [0.2, 0.25) is 0 Å². The smallest absolute Gasteiger partial charge is 0.240 e. The van der Waals surface area contributed by atoms with Gasteiger partial charge in [0.15, 0.2) is 0 Å². The van der Waals surface area contributed by atoms with Gasteiger partial charge in [-0.05, 0) is 32.0 Å². The highest BCUT2D eigenvalue weighted by Crippen LogP contribution is 2.15. The Morgan fingerprint density at radius 3 is 2.47 bits per heavy atom. The summed E-state index contributed by atoms with van der Waals surface area (Å²) in [7, 11) is -3.48. The third kappa shape index (κ3) is 5.83. The lowest BCUT2D eigenvalue weighted by Gasteiger charge is -2.18. The summed E-state index contributed by atoms with van der Waals surface area (Å²) in [6, 6.07) is 6.53. The predicted molar refractivity (Wildman–Crippen MR) is 74.8 cm³/mol. The molecule has 0 saturated heterocycles. The zero-order valence-electron chi connectivity index (χ0n) is 9.60. The maximum atomic E-state index is 11.8. The second kappa shape index (κ2) is 6.15. The zero-order chi connectivity index (χ0) is 12.4. The molecule has 0 atom stereocenters. The standard InChI is InChI=1S/C10H15BrN2O2S.ClH/c1-10(2,12)7-13-16(14,15)9-5-3-4-8(11)6-9;/h3-6,13H,7,12H2,1-2H3;1H. The van der Waals surface area contributed by atoms with Crippen LogP contribution in [0.15, 0.2) is 33.6 Å². The average Bonchev–Trinajstić information content (AvgIpc) is 2.14. The third-order valence-electron chi connectivity index (χ3n) is 1.82. The summed E-state index contributed by atoms with van der Waals surface area (Å²) in [5.74, 6) is 0. The molecule has 17 heavy (non-hydrogen) atoms. The van der Waals surface area contributed by atoms with Gasteiger partial charge in [0.2, 0.25) is 10.0 Å². The van der Waals surface area contributed by atoms with Gasteiger partial charge in [-0.1, -0.05) is 22.0 Å². The molecule has 4 nitrogen and oxygen atoms in total. The van der Waals surface area contributed by atoms with Crippen LogP contribution >= 0.6 is 28.3 Å². The Bertz CT molecular complexity index is 471. The summed E-state index contributed by atoms with van der Waals surface area (Å²) in [5, 5.41) is 0. The monoisotopic (exact) mass is 342 g/mol. The number of halogens is 2. The fraction of sp³-hybridized carbons (Fsp3) is 0.400. The normalized spacial score (nSPS) is 12.0. The highest BCUT2D eigenvalue weighted by molar-refractivity contribution is 9.10. The summed E-state index contributed by atoms with van der Waals surface area (Å²) < 4.78 is 26.9. The number of sulfonamides is 1. The first kappa shape index (κ1) is 16.9. The Hall–Kier alpha value is -0.140. The largest absolute Gasteiger partial charge is 0.324 e. The molecule has 3 N–H and O–H groups in total. The van der Waals surface area contributed by atoms with Gasteiger partial charge in [0.1, 0.15) is 0 Å². The van der Waals surface area contributed by atoms with E-state index < -0.39 is 15.6 Å². The van der Waals surface area contributed by atoms with Gasteiger partial charge >= 0.3 is 0 Å². The van der Waals surface area contributed by atoms with E-state index in [2.05, 4.69) is 20.7 Å². The Labute approximate surface area is 117 Å². The molecular weight excluding hydrogens is 328 g/mol. The number of nitrogens with one attached hydrogen (secondary N) is 1. The van der Waals surface area contributed by atoms with Crippen LogP contribution in [0.1, 0.15) is 13.8 Å². The first-order valence-electron chi connectivity index (χ1n) is 4.75.